The average molecular weight is 356 g/mol. The monoisotopic (exact) mass is 355 g/mol. The molecule has 1 aromatic rings. The van der Waals surface area contributed by atoms with Crippen LogP contribution in [0.4, 0.5) is 0 Å². The molecule has 0 unspecified atom stereocenters. The van der Waals surface area contributed by atoms with Crippen LogP contribution in [0.5, 0.6) is 0 Å². The van der Waals surface area contributed by atoms with E-state index >= 15 is 0 Å². The third-order valence-corrected chi connectivity index (χ3v) is 5.68. The molecule has 2 heterocycles. The first-order valence-corrected chi connectivity index (χ1v) is 9.70. The molecule has 0 N–H and O–H groups in total. The van der Waals surface area contributed by atoms with Crippen molar-refractivity contribution in [3.05, 3.63) is 42.0 Å². The molecular formula is C22H33N3O. The molecule has 26 heavy (non-hydrogen) atoms. The maximum absolute atomic E-state index is 13.3. The highest BCUT2D eigenvalue weighted by atomic mass is 16.2. The number of hydrogen-bond donors (Lipinski definition) is 0. The molecule has 1 saturated heterocycles. The van der Waals surface area contributed by atoms with E-state index in [4.69, 9.17) is 0 Å². The Kier molecular flexibility index (Phi) is 5.27. The Morgan fingerprint density at radius 1 is 1.00 bits per heavy atom. The highest BCUT2D eigenvalue weighted by Crippen LogP contribution is 2.41. The summed E-state index contributed by atoms with van der Waals surface area (Å²) < 4.78 is 0. The molecular weight excluding hydrogens is 322 g/mol. The zero-order valence-corrected chi connectivity index (χ0v) is 17.0. The zero-order chi connectivity index (χ0) is 18.9. The van der Waals surface area contributed by atoms with Gasteiger partial charge in [0.1, 0.15) is 0 Å². The fourth-order valence-electron chi connectivity index (χ4n) is 4.63. The van der Waals surface area contributed by atoms with Gasteiger partial charge in [-0.3, -0.25) is 9.69 Å². The van der Waals surface area contributed by atoms with Crippen molar-refractivity contribution in [2.45, 2.75) is 45.2 Å². The number of piperazine rings is 1. The zero-order valence-electron chi connectivity index (χ0n) is 17.0. The van der Waals surface area contributed by atoms with Gasteiger partial charge in [-0.05, 0) is 52.3 Å². The summed E-state index contributed by atoms with van der Waals surface area (Å²) in [5.41, 5.74) is 2.10. The van der Waals surface area contributed by atoms with E-state index in [1.54, 1.807) is 0 Å². The van der Waals surface area contributed by atoms with E-state index < -0.39 is 0 Å². The molecule has 0 radical (unpaired) electrons. The predicted molar refractivity (Wildman–Crippen MR) is 108 cm³/mol. The summed E-state index contributed by atoms with van der Waals surface area (Å²) in [6.45, 7) is 13.3. The number of carbonyl (C=O) groups is 1. The summed E-state index contributed by atoms with van der Waals surface area (Å²) in [6, 6.07) is 10.6. The molecule has 3 rings (SSSR count). The van der Waals surface area contributed by atoms with Crippen LogP contribution >= 0.6 is 0 Å². The SMILES string of the molecule is CN1CCN(CC(=O)N2C(C)(C)C=C(c3ccccc3)CC2(C)C)CC1. The lowest BCUT2D eigenvalue weighted by molar-refractivity contribution is -0.144. The van der Waals surface area contributed by atoms with Gasteiger partial charge < -0.3 is 9.80 Å². The second-order valence-electron chi connectivity index (χ2n) is 8.99. The fraction of sp³-hybridized carbons (Fsp3) is 0.591. The normalized spacial score (nSPS) is 23.6. The van der Waals surface area contributed by atoms with E-state index in [0.717, 1.165) is 32.6 Å². The Bertz CT molecular complexity index is 670. The minimum Gasteiger partial charge on any atom is -0.328 e. The van der Waals surface area contributed by atoms with Gasteiger partial charge in [-0.2, -0.15) is 0 Å². The second kappa shape index (κ2) is 7.16. The molecule has 0 aromatic heterocycles. The van der Waals surface area contributed by atoms with Crippen LogP contribution in [0.15, 0.2) is 36.4 Å². The van der Waals surface area contributed by atoms with E-state index in [-0.39, 0.29) is 17.0 Å². The van der Waals surface area contributed by atoms with Gasteiger partial charge in [0.2, 0.25) is 5.91 Å². The molecule has 142 valence electrons. The van der Waals surface area contributed by atoms with Crippen molar-refractivity contribution < 1.29 is 4.79 Å². The maximum Gasteiger partial charge on any atom is 0.237 e. The average Bonchev–Trinajstić information content (AvgIpc) is 2.55. The Morgan fingerprint density at radius 2 is 1.62 bits per heavy atom. The predicted octanol–water partition coefficient (Wildman–Crippen LogP) is 3.11. The van der Waals surface area contributed by atoms with Crippen LogP contribution in [0.3, 0.4) is 0 Å². The number of amides is 1. The summed E-state index contributed by atoms with van der Waals surface area (Å²) in [4.78, 5) is 20.0. The lowest BCUT2D eigenvalue weighted by Gasteiger charge is -2.52. The standard InChI is InChI=1S/C22H33N3O/c1-21(2)15-19(18-9-7-6-8-10-18)16-22(3,4)25(21)20(26)17-24-13-11-23(5)12-14-24/h6-10,15H,11-14,16-17H2,1-5H3. The highest BCUT2D eigenvalue weighted by molar-refractivity contribution is 5.82. The summed E-state index contributed by atoms with van der Waals surface area (Å²) in [5.74, 6) is 0.243. The third kappa shape index (κ3) is 4.02. The number of rotatable bonds is 3. The summed E-state index contributed by atoms with van der Waals surface area (Å²) in [6.07, 6.45) is 3.17. The number of likely N-dealkylation sites (N-methyl/N-ethyl adjacent to an activating group) is 1. The summed E-state index contributed by atoms with van der Waals surface area (Å²) in [7, 11) is 2.14. The molecule has 0 aliphatic carbocycles. The van der Waals surface area contributed by atoms with Gasteiger partial charge in [0.05, 0.1) is 12.1 Å². The van der Waals surface area contributed by atoms with Gasteiger partial charge in [0, 0.05) is 31.7 Å². The first-order valence-electron chi connectivity index (χ1n) is 9.70. The second-order valence-corrected chi connectivity index (χ2v) is 8.99. The van der Waals surface area contributed by atoms with Crippen molar-refractivity contribution in [2.75, 3.05) is 39.8 Å². The van der Waals surface area contributed by atoms with Crippen LogP contribution in [0, 0.1) is 0 Å². The van der Waals surface area contributed by atoms with E-state index in [1.165, 1.54) is 11.1 Å². The molecule has 2 aliphatic heterocycles. The highest BCUT2D eigenvalue weighted by Gasteiger charge is 2.44. The summed E-state index contributed by atoms with van der Waals surface area (Å²) >= 11 is 0. The molecule has 1 aromatic carbocycles. The van der Waals surface area contributed by atoms with Crippen molar-refractivity contribution in [3.8, 4) is 0 Å². The van der Waals surface area contributed by atoms with Crippen molar-refractivity contribution in [1.82, 2.24) is 14.7 Å². The Balaban J connectivity index is 1.80. The first kappa shape index (κ1) is 19.1. The molecule has 0 bridgehead atoms. The lowest BCUT2D eigenvalue weighted by Crippen LogP contribution is -2.62. The van der Waals surface area contributed by atoms with Crippen LogP contribution in [0.1, 0.15) is 39.7 Å². The Morgan fingerprint density at radius 3 is 2.19 bits per heavy atom. The number of carbonyl (C=O) groups excluding carboxylic acids is 1. The molecule has 0 saturated carbocycles. The van der Waals surface area contributed by atoms with Crippen molar-refractivity contribution in [1.29, 1.82) is 0 Å². The largest absolute Gasteiger partial charge is 0.328 e. The molecule has 1 fully saturated rings. The van der Waals surface area contributed by atoms with Gasteiger partial charge in [-0.1, -0.05) is 36.4 Å². The topological polar surface area (TPSA) is 26.8 Å². The van der Waals surface area contributed by atoms with Crippen molar-refractivity contribution in [3.63, 3.8) is 0 Å². The van der Waals surface area contributed by atoms with E-state index in [2.05, 4.69) is 85.9 Å². The molecule has 2 aliphatic rings. The maximum atomic E-state index is 13.3. The van der Waals surface area contributed by atoms with Gasteiger partial charge in [-0.15, -0.1) is 0 Å². The summed E-state index contributed by atoms with van der Waals surface area (Å²) in [5, 5.41) is 0. The Labute approximate surface area is 158 Å². The van der Waals surface area contributed by atoms with Gasteiger partial charge in [0.25, 0.3) is 0 Å². The fourth-order valence-corrected chi connectivity index (χ4v) is 4.63. The van der Waals surface area contributed by atoms with Crippen LogP contribution in [0.2, 0.25) is 0 Å². The molecule has 0 atom stereocenters. The minimum absolute atomic E-state index is 0.201. The van der Waals surface area contributed by atoms with Gasteiger partial charge >= 0.3 is 0 Å². The number of benzene rings is 1. The van der Waals surface area contributed by atoms with Gasteiger partial charge in [0.15, 0.2) is 0 Å². The molecule has 0 spiro atoms. The smallest absolute Gasteiger partial charge is 0.237 e. The van der Waals surface area contributed by atoms with Crippen molar-refractivity contribution >= 4 is 11.5 Å². The number of hydrogen-bond acceptors (Lipinski definition) is 3. The lowest BCUT2D eigenvalue weighted by atomic mass is 9.78. The number of nitrogens with zero attached hydrogens (tertiary/aromatic N) is 3. The minimum atomic E-state index is -0.295. The van der Waals surface area contributed by atoms with Crippen LogP contribution in [-0.2, 0) is 4.79 Å². The van der Waals surface area contributed by atoms with E-state index in [1.807, 2.05) is 0 Å². The molecule has 1 amide bonds. The van der Waals surface area contributed by atoms with Crippen molar-refractivity contribution in [2.24, 2.45) is 0 Å². The Hall–Kier alpha value is -1.65. The van der Waals surface area contributed by atoms with Crippen LogP contribution in [0.25, 0.3) is 5.57 Å². The van der Waals surface area contributed by atoms with E-state index in [0.29, 0.717) is 6.54 Å². The quantitative estimate of drug-likeness (QED) is 0.834. The third-order valence-electron chi connectivity index (χ3n) is 5.68. The molecule has 4 nitrogen and oxygen atoms in total. The van der Waals surface area contributed by atoms with E-state index in [9.17, 15) is 4.79 Å². The molecule has 4 heteroatoms. The van der Waals surface area contributed by atoms with Crippen LogP contribution in [-0.4, -0.2) is 71.5 Å². The van der Waals surface area contributed by atoms with Gasteiger partial charge in [-0.25, -0.2) is 0 Å². The van der Waals surface area contributed by atoms with Crippen LogP contribution < -0.4 is 0 Å². The first-order chi connectivity index (χ1) is 12.2.